The Balaban J connectivity index is 1.65. The number of hydrogen-bond donors (Lipinski definition) is 0. The number of rotatable bonds is 2. The van der Waals surface area contributed by atoms with Gasteiger partial charge in [-0.05, 0) is 45.7 Å². The molecule has 0 aromatic carbocycles. The van der Waals surface area contributed by atoms with E-state index in [4.69, 9.17) is 0 Å². The topological polar surface area (TPSA) is 65.9 Å². The van der Waals surface area contributed by atoms with Crippen LogP contribution in [0.5, 0.6) is 0 Å². The van der Waals surface area contributed by atoms with Crippen molar-refractivity contribution in [3.8, 4) is 0 Å². The van der Waals surface area contributed by atoms with Crippen molar-refractivity contribution in [2.24, 2.45) is 0 Å². The Morgan fingerprint density at radius 1 is 1.20 bits per heavy atom. The number of nitrogens with zero attached hydrogens (tertiary/aromatic N) is 4. The van der Waals surface area contributed by atoms with Crippen molar-refractivity contribution in [1.29, 1.82) is 0 Å². The number of thiophene rings is 1. The van der Waals surface area contributed by atoms with Crippen molar-refractivity contribution in [2.75, 3.05) is 31.6 Å². The Bertz CT molecular complexity index is 1030. The van der Waals surface area contributed by atoms with Crippen LogP contribution in [0.2, 0.25) is 0 Å². The van der Waals surface area contributed by atoms with Crippen LogP contribution in [0.3, 0.4) is 0 Å². The van der Waals surface area contributed by atoms with E-state index in [0.717, 1.165) is 15.4 Å². The van der Waals surface area contributed by atoms with Crippen molar-refractivity contribution >= 4 is 34.1 Å². The van der Waals surface area contributed by atoms with Gasteiger partial charge in [-0.15, -0.1) is 11.3 Å². The zero-order valence-corrected chi connectivity index (χ0v) is 19.0. The number of carbonyl (C=O) groups excluding carboxylic acids is 3. The average molecular weight is 429 g/mol. The van der Waals surface area contributed by atoms with Crippen LogP contribution in [0.15, 0.2) is 18.5 Å². The second-order valence-corrected chi connectivity index (χ2v) is 10.0. The molecule has 0 saturated carbocycles. The molecule has 2 aromatic heterocycles. The maximum Gasteiger partial charge on any atom is 0.257 e. The number of carbonyl (C=O) groups is 3. The molecule has 0 fully saturated rings. The van der Waals surface area contributed by atoms with Crippen LogP contribution in [0.25, 0.3) is 0 Å². The van der Waals surface area contributed by atoms with Crippen molar-refractivity contribution in [3.05, 3.63) is 40.0 Å². The Labute approximate surface area is 180 Å². The van der Waals surface area contributed by atoms with Crippen molar-refractivity contribution in [2.45, 2.75) is 46.2 Å². The van der Waals surface area contributed by atoms with Crippen LogP contribution in [0.1, 0.15) is 58.9 Å². The van der Waals surface area contributed by atoms with Gasteiger partial charge in [0, 0.05) is 42.9 Å². The molecule has 0 unspecified atom stereocenters. The van der Waals surface area contributed by atoms with Gasteiger partial charge in [0.05, 0.1) is 17.7 Å². The number of aromatic nitrogens is 1. The standard InChI is InChI=1S/C22H28N4O3S/c1-6-26-17(27)13-23(5)20(29)18-15-8-9-24(12-16(15)30-21(18)26)19(28)14-7-10-25(11-14)22(2,3)4/h7,10-11H,6,8-9,12-13H2,1-5H3. The number of fused-ring (bicyclic) bond motifs is 3. The third-order valence-corrected chi connectivity index (χ3v) is 7.08. The Kier molecular flexibility index (Phi) is 5.00. The first-order valence-electron chi connectivity index (χ1n) is 10.3. The zero-order valence-electron chi connectivity index (χ0n) is 18.2. The van der Waals surface area contributed by atoms with Crippen LogP contribution in [0.4, 0.5) is 5.00 Å². The van der Waals surface area contributed by atoms with Crippen molar-refractivity contribution in [3.63, 3.8) is 0 Å². The molecule has 0 atom stereocenters. The van der Waals surface area contributed by atoms with Crippen LogP contribution < -0.4 is 4.90 Å². The number of anilines is 1. The molecule has 8 heteroatoms. The highest BCUT2D eigenvalue weighted by Crippen LogP contribution is 2.41. The Morgan fingerprint density at radius 3 is 2.57 bits per heavy atom. The Hall–Kier alpha value is -2.61. The van der Waals surface area contributed by atoms with Crippen LogP contribution in [-0.2, 0) is 23.3 Å². The average Bonchev–Trinajstić information content (AvgIpc) is 3.30. The maximum atomic E-state index is 13.1. The second-order valence-electron chi connectivity index (χ2n) is 8.94. The molecule has 2 aliphatic rings. The molecule has 0 aliphatic carbocycles. The lowest BCUT2D eigenvalue weighted by Gasteiger charge is -2.27. The summed E-state index contributed by atoms with van der Waals surface area (Å²) in [6, 6.07) is 1.86. The minimum atomic E-state index is -0.103. The van der Waals surface area contributed by atoms with Crippen LogP contribution in [-0.4, -0.2) is 58.8 Å². The minimum Gasteiger partial charge on any atom is -0.348 e. The van der Waals surface area contributed by atoms with Gasteiger partial charge in [0.2, 0.25) is 5.91 Å². The molecule has 2 aromatic rings. The quantitative estimate of drug-likeness (QED) is 0.739. The summed E-state index contributed by atoms with van der Waals surface area (Å²) in [6.45, 7) is 9.87. The molecular formula is C22H28N4O3S. The fraction of sp³-hybridized carbons (Fsp3) is 0.500. The summed E-state index contributed by atoms with van der Waals surface area (Å²) >= 11 is 1.48. The van der Waals surface area contributed by atoms with E-state index in [2.05, 4.69) is 20.8 Å². The van der Waals surface area contributed by atoms with Gasteiger partial charge in [-0.2, -0.15) is 0 Å². The molecular weight excluding hydrogens is 400 g/mol. The minimum absolute atomic E-state index is 0.000821. The predicted octanol–water partition coefficient (Wildman–Crippen LogP) is 2.94. The third kappa shape index (κ3) is 3.33. The lowest BCUT2D eigenvalue weighted by Crippen LogP contribution is -2.38. The molecule has 3 amide bonds. The third-order valence-electron chi connectivity index (χ3n) is 5.84. The van der Waals surface area contributed by atoms with Gasteiger partial charge in [0.15, 0.2) is 0 Å². The van der Waals surface area contributed by atoms with E-state index in [-0.39, 0.29) is 29.8 Å². The van der Waals surface area contributed by atoms with Crippen molar-refractivity contribution < 1.29 is 14.4 Å². The zero-order chi connectivity index (χ0) is 21.8. The molecule has 0 saturated heterocycles. The number of hydrogen-bond acceptors (Lipinski definition) is 4. The lowest BCUT2D eigenvalue weighted by atomic mass is 10.0. The first-order valence-corrected chi connectivity index (χ1v) is 11.1. The summed E-state index contributed by atoms with van der Waals surface area (Å²) in [5, 5.41) is 0.732. The molecule has 160 valence electrons. The SMILES string of the molecule is CCN1C(=O)CN(C)C(=O)c2c1sc1c2CCN(C(=O)c2ccn(C(C)(C)C)c2)C1. The van der Waals surface area contributed by atoms with E-state index in [1.54, 1.807) is 11.9 Å². The summed E-state index contributed by atoms with van der Waals surface area (Å²) in [7, 11) is 1.67. The first kappa shape index (κ1) is 20.7. The molecule has 0 bridgehead atoms. The largest absolute Gasteiger partial charge is 0.348 e. The maximum absolute atomic E-state index is 13.1. The summed E-state index contributed by atoms with van der Waals surface area (Å²) in [6.07, 6.45) is 4.46. The van der Waals surface area contributed by atoms with Gasteiger partial charge in [0.1, 0.15) is 11.5 Å². The van der Waals surface area contributed by atoms with Gasteiger partial charge < -0.3 is 19.3 Å². The number of amides is 3. The Morgan fingerprint density at radius 2 is 1.93 bits per heavy atom. The molecule has 7 nitrogen and oxygen atoms in total. The van der Waals surface area contributed by atoms with E-state index in [1.165, 1.54) is 16.2 Å². The highest BCUT2D eigenvalue weighted by atomic mass is 32.1. The summed E-state index contributed by atoms with van der Waals surface area (Å²) in [5.74, 6) is -0.171. The van der Waals surface area contributed by atoms with E-state index < -0.39 is 0 Å². The van der Waals surface area contributed by atoms with Crippen LogP contribution >= 0.6 is 11.3 Å². The van der Waals surface area contributed by atoms with E-state index in [9.17, 15) is 14.4 Å². The van der Waals surface area contributed by atoms with Gasteiger partial charge >= 0.3 is 0 Å². The highest BCUT2D eigenvalue weighted by molar-refractivity contribution is 7.17. The van der Waals surface area contributed by atoms with E-state index >= 15 is 0 Å². The fourth-order valence-electron chi connectivity index (χ4n) is 4.08. The van der Waals surface area contributed by atoms with Gasteiger partial charge in [0.25, 0.3) is 11.8 Å². The highest BCUT2D eigenvalue weighted by Gasteiger charge is 2.37. The smallest absolute Gasteiger partial charge is 0.257 e. The summed E-state index contributed by atoms with van der Waals surface area (Å²) in [4.78, 5) is 44.7. The van der Waals surface area contributed by atoms with E-state index in [1.807, 2.05) is 34.9 Å². The predicted molar refractivity (Wildman–Crippen MR) is 117 cm³/mol. The number of likely N-dealkylation sites (N-methyl/N-ethyl adjacent to an activating group) is 2. The van der Waals surface area contributed by atoms with Gasteiger partial charge in [-0.25, -0.2) is 0 Å². The monoisotopic (exact) mass is 428 g/mol. The summed E-state index contributed by atoms with van der Waals surface area (Å²) in [5.41, 5.74) is 2.24. The lowest BCUT2D eigenvalue weighted by molar-refractivity contribution is -0.118. The molecule has 4 heterocycles. The van der Waals surface area contributed by atoms with Gasteiger partial charge in [-0.3, -0.25) is 14.4 Å². The normalized spacial score (nSPS) is 17.2. The molecule has 30 heavy (non-hydrogen) atoms. The van der Waals surface area contributed by atoms with Crippen molar-refractivity contribution in [1.82, 2.24) is 14.4 Å². The fourth-order valence-corrected chi connectivity index (χ4v) is 5.51. The molecule has 0 N–H and O–H groups in total. The molecule has 4 rings (SSSR count). The molecule has 2 aliphatic heterocycles. The van der Waals surface area contributed by atoms with E-state index in [0.29, 0.717) is 37.2 Å². The van der Waals surface area contributed by atoms with Crippen LogP contribution in [0, 0.1) is 0 Å². The first-order chi connectivity index (χ1) is 14.1. The second kappa shape index (κ2) is 7.27. The van der Waals surface area contributed by atoms with Gasteiger partial charge in [-0.1, -0.05) is 0 Å². The molecule has 0 spiro atoms. The summed E-state index contributed by atoms with van der Waals surface area (Å²) < 4.78 is 2.04. The molecule has 0 radical (unpaired) electrons.